The van der Waals surface area contributed by atoms with Gasteiger partial charge >= 0.3 is 5.97 Å². The molecule has 1 saturated carbocycles. The molecule has 0 N–H and O–H groups in total. The predicted octanol–water partition coefficient (Wildman–Crippen LogP) is 2.09. The summed E-state index contributed by atoms with van der Waals surface area (Å²) in [4.78, 5) is 20.5. The third-order valence-electron chi connectivity index (χ3n) is 3.47. The Balaban J connectivity index is 1.94. The first kappa shape index (κ1) is 10.4. The van der Waals surface area contributed by atoms with Gasteiger partial charge in [-0.1, -0.05) is 19.3 Å². The Hall–Kier alpha value is -1.71. The van der Waals surface area contributed by atoms with E-state index in [0.29, 0.717) is 5.90 Å². The lowest BCUT2D eigenvalue weighted by Crippen LogP contribution is -2.35. The van der Waals surface area contributed by atoms with Gasteiger partial charge in [0.1, 0.15) is 0 Å². The van der Waals surface area contributed by atoms with Crippen LogP contribution in [0.15, 0.2) is 29.5 Å². The van der Waals surface area contributed by atoms with Crippen LogP contribution in [0, 0.1) is 0 Å². The van der Waals surface area contributed by atoms with Crippen molar-refractivity contribution < 1.29 is 9.53 Å². The maximum Gasteiger partial charge on any atom is 0.340 e. The molecule has 0 atom stereocenters. The Morgan fingerprint density at radius 3 is 2.76 bits per heavy atom. The molecule has 3 rings (SSSR count). The van der Waals surface area contributed by atoms with E-state index in [0.717, 1.165) is 31.2 Å². The number of pyridine rings is 1. The number of aliphatic imine (C=N–C) groups is 1. The van der Waals surface area contributed by atoms with E-state index in [1.54, 1.807) is 12.4 Å². The topological polar surface area (TPSA) is 51.5 Å². The molecule has 4 heteroatoms. The minimum atomic E-state index is -0.594. The molecule has 1 aliphatic heterocycles. The number of hydrogen-bond acceptors (Lipinski definition) is 4. The quantitative estimate of drug-likeness (QED) is 0.694. The molecule has 1 aromatic rings. The summed E-state index contributed by atoms with van der Waals surface area (Å²) in [6.45, 7) is 0. The molecule has 88 valence electrons. The average Bonchev–Trinajstić information content (AvgIpc) is 2.69. The fourth-order valence-corrected chi connectivity index (χ4v) is 2.51. The highest BCUT2D eigenvalue weighted by molar-refractivity contribution is 6.07. The summed E-state index contributed by atoms with van der Waals surface area (Å²) in [7, 11) is 0. The van der Waals surface area contributed by atoms with Crippen LogP contribution in [0.25, 0.3) is 0 Å². The van der Waals surface area contributed by atoms with Crippen molar-refractivity contribution >= 4 is 11.9 Å². The predicted molar refractivity (Wildman–Crippen MR) is 62.7 cm³/mol. The molecular weight excluding hydrogens is 216 g/mol. The van der Waals surface area contributed by atoms with Crippen molar-refractivity contribution in [2.24, 2.45) is 4.99 Å². The van der Waals surface area contributed by atoms with Crippen molar-refractivity contribution in [2.75, 3.05) is 0 Å². The van der Waals surface area contributed by atoms with Gasteiger partial charge in [-0.3, -0.25) is 4.98 Å². The van der Waals surface area contributed by atoms with E-state index in [1.165, 1.54) is 6.42 Å². The maximum atomic E-state index is 12.0. The maximum absolute atomic E-state index is 12.0. The normalized spacial score (nSPS) is 22.4. The van der Waals surface area contributed by atoms with E-state index in [1.807, 2.05) is 12.1 Å². The summed E-state index contributed by atoms with van der Waals surface area (Å²) in [5.74, 6) is 0.251. The van der Waals surface area contributed by atoms with E-state index in [4.69, 9.17) is 4.74 Å². The first-order valence-corrected chi connectivity index (χ1v) is 6.03. The molecule has 1 spiro atoms. The third kappa shape index (κ3) is 1.73. The van der Waals surface area contributed by atoms with Crippen LogP contribution in [0.3, 0.4) is 0 Å². The molecule has 2 aliphatic rings. The van der Waals surface area contributed by atoms with Gasteiger partial charge in [0.15, 0.2) is 5.54 Å². The Kier molecular flexibility index (Phi) is 2.42. The molecule has 0 radical (unpaired) electrons. The largest absolute Gasteiger partial charge is 0.405 e. The van der Waals surface area contributed by atoms with Crippen molar-refractivity contribution in [1.82, 2.24) is 4.98 Å². The van der Waals surface area contributed by atoms with Crippen LogP contribution in [0.1, 0.15) is 37.7 Å². The number of aromatic nitrogens is 1. The van der Waals surface area contributed by atoms with E-state index in [-0.39, 0.29) is 5.97 Å². The van der Waals surface area contributed by atoms with Gasteiger partial charge in [0.2, 0.25) is 5.90 Å². The number of hydrogen-bond donors (Lipinski definition) is 0. The molecule has 4 nitrogen and oxygen atoms in total. The van der Waals surface area contributed by atoms with E-state index in [9.17, 15) is 4.79 Å². The monoisotopic (exact) mass is 230 g/mol. The minimum Gasteiger partial charge on any atom is -0.405 e. The second-order valence-electron chi connectivity index (χ2n) is 4.64. The molecule has 0 saturated heterocycles. The molecule has 0 aromatic carbocycles. The Labute approximate surface area is 99.7 Å². The number of rotatable bonds is 1. The first-order valence-electron chi connectivity index (χ1n) is 6.03. The van der Waals surface area contributed by atoms with Crippen molar-refractivity contribution in [3.63, 3.8) is 0 Å². The molecule has 17 heavy (non-hydrogen) atoms. The highest BCUT2D eigenvalue weighted by Gasteiger charge is 2.46. The molecule has 1 aromatic heterocycles. The highest BCUT2D eigenvalue weighted by atomic mass is 16.6. The van der Waals surface area contributed by atoms with E-state index >= 15 is 0 Å². The summed E-state index contributed by atoms with van der Waals surface area (Å²) < 4.78 is 5.31. The number of esters is 1. The third-order valence-corrected chi connectivity index (χ3v) is 3.47. The molecular formula is C13H14N2O2. The van der Waals surface area contributed by atoms with Crippen LogP contribution < -0.4 is 0 Å². The molecule has 0 amide bonds. The lowest BCUT2D eigenvalue weighted by molar-refractivity contribution is -0.140. The fourth-order valence-electron chi connectivity index (χ4n) is 2.51. The second-order valence-corrected chi connectivity index (χ2v) is 4.64. The molecule has 2 heterocycles. The average molecular weight is 230 g/mol. The van der Waals surface area contributed by atoms with Gasteiger partial charge < -0.3 is 4.74 Å². The van der Waals surface area contributed by atoms with Crippen LogP contribution in [0.4, 0.5) is 0 Å². The van der Waals surface area contributed by atoms with Crippen LogP contribution in [0.2, 0.25) is 0 Å². The van der Waals surface area contributed by atoms with E-state index < -0.39 is 5.54 Å². The van der Waals surface area contributed by atoms with Crippen LogP contribution in [-0.2, 0) is 9.53 Å². The summed E-state index contributed by atoms with van der Waals surface area (Å²) in [6, 6.07) is 3.68. The number of carbonyl (C=O) groups excluding carboxylic acids is 1. The number of cyclic esters (lactones) is 1. The minimum absolute atomic E-state index is 0.184. The molecule has 1 fully saturated rings. The Morgan fingerprint density at radius 1 is 1.24 bits per heavy atom. The van der Waals surface area contributed by atoms with Crippen molar-refractivity contribution in [1.29, 1.82) is 0 Å². The number of nitrogens with zero attached hydrogens (tertiary/aromatic N) is 2. The molecule has 0 unspecified atom stereocenters. The van der Waals surface area contributed by atoms with Gasteiger partial charge in [-0.15, -0.1) is 0 Å². The first-order chi connectivity index (χ1) is 8.30. The summed E-state index contributed by atoms with van der Waals surface area (Å²) >= 11 is 0. The summed E-state index contributed by atoms with van der Waals surface area (Å²) in [6.07, 6.45) is 8.29. The standard InChI is InChI=1S/C13H14N2O2/c16-12-13(6-2-1-3-7-13)15-11(17-12)10-5-4-8-14-9-10/h4-5,8-9H,1-3,6-7H2. The SMILES string of the molecule is O=C1OC(c2cccnc2)=NC12CCCCC2. The van der Waals surface area contributed by atoms with Gasteiger partial charge in [0.05, 0.1) is 5.56 Å². The second kappa shape index (κ2) is 3.95. The zero-order valence-corrected chi connectivity index (χ0v) is 9.56. The molecule has 1 aliphatic carbocycles. The zero-order chi connectivity index (χ0) is 11.7. The van der Waals surface area contributed by atoms with Crippen molar-refractivity contribution in [3.8, 4) is 0 Å². The molecule has 0 bridgehead atoms. The van der Waals surface area contributed by atoms with E-state index in [2.05, 4.69) is 9.98 Å². The lowest BCUT2D eigenvalue weighted by Gasteiger charge is -2.25. The van der Waals surface area contributed by atoms with Gasteiger partial charge in [0, 0.05) is 12.4 Å². The number of ether oxygens (including phenoxy) is 1. The lowest BCUT2D eigenvalue weighted by atomic mass is 9.83. The smallest absolute Gasteiger partial charge is 0.340 e. The van der Waals surface area contributed by atoms with Gasteiger partial charge in [-0.2, -0.15) is 0 Å². The van der Waals surface area contributed by atoms with Crippen LogP contribution in [0.5, 0.6) is 0 Å². The Morgan fingerprint density at radius 2 is 2.06 bits per heavy atom. The van der Waals surface area contributed by atoms with Crippen LogP contribution in [-0.4, -0.2) is 22.4 Å². The number of carbonyl (C=O) groups is 1. The van der Waals surface area contributed by atoms with Crippen molar-refractivity contribution in [3.05, 3.63) is 30.1 Å². The zero-order valence-electron chi connectivity index (χ0n) is 9.56. The van der Waals surface area contributed by atoms with Crippen LogP contribution >= 0.6 is 0 Å². The van der Waals surface area contributed by atoms with Gasteiger partial charge in [0.25, 0.3) is 0 Å². The highest BCUT2D eigenvalue weighted by Crippen LogP contribution is 2.36. The summed E-state index contributed by atoms with van der Waals surface area (Å²) in [5.41, 5.74) is 0.187. The van der Waals surface area contributed by atoms with Crippen molar-refractivity contribution in [2.45, 2.75) is 37.6 Å². The fraction of sp³-hybridized carbons (Fsp3) is 0.462. The summed E-state index contributed by atoms with van der Waals surface area (Å²) in [5, 5.41) is 0. The Bertz CT molecular complexity index is 462. The van der Waals surface area contributed by atoms with Gasteiger partial charge in [-0.25, -0.2) is 9.79 Å². The van der Waals surface area contributed by atoms with Gasteiger partial charge in [-0.05, 0) is 25.0 Å².